The second kappa shape index (κ2) is 6.40. The van der Waals surface area contributed by atoms with E-state index < -0.39 is 10.0 Å². The summed E-state index contributed by atoms with van der Waals surface area (Å²) in [5.74, 6) is 0. The van der Waals surface area contributed by atoms with E-state index in [0.717, 1.165) is 15.0 Å². The minimum atomic E-state index is -3.49. The van der Waals surface area contributed by atoms with Crippen LogP contribution in [-0.4, -0.2) is 20.0 Å². The van der Waals surface area contributed by atoms with E-state index in [0.29, 0.717) is 6.54 Å². The van der Waals surface area contributed by atoms with Gasteiger partial charge in [0.1, 0.15) is 0 Å². The van der Waals surface area contributed by atoms with E-state index in [1.807, 2.05) is 30.1 Å². The van der Waals surface area contributed by atoms with Gasteiger partial charge in [0.2, 0.25) is 10.0 Å². The molecule has 20 heavy (non-hydrogen) atoms. The van der Waals surface area contributed by atoms with Gasteiger partial charge in [0.25, 0.3) is 0 Å². The van der Waals surface area contributed by atoms with Gasteiger partial charge in [0.15, 0.2) is 0 Å². The van der Waals surface area contributed by atoms with Crippen LogP contribution in [-0.2, 0) is 30.2 Å². The number of aromatic nitrogens is 1. The molecule has 0 amide bonds. The molecule has 0 aliphatic rings. The van der Waals surface area contributed by atoms with Gasteiger partial charge in [-0.1, -0.05) is 0 Å². The number of rotatable bonds is 6. The molecular weight excluding hydrogens is 362 g/mol. The molecule has 0 atom stereocenters. The van der Waals surface area contributed by atoms with Crippen molar-refractivity contribution in [2.24, 2.45) is 7.05 Å². The quantitative estimate of drug-likeness (QED) is 0.809. The first-order valence-corrected chi connectivity index (χ1v) is 9.11. The number of halogens is 1. The largest absolute Gasteiger partial charge is 0.352 e. The van der Waals surface area contributed by atoms with Crippen molar-refractivity contribution in [3.8, 4) is 0 Å². The second-order valence-corrected chi connectivity index (χ2v) is 7.95. The Balaban J connectivity index is 2.14. The van der Waals surface area contributed by atoms with Gasteiger partial charge >= 0.3 is 0 Å². The molecule has 0 bridgehead atoms. The van der Waals surface area contributed by atoms with Crippen molar-refractivity contribution in [2.75, 3.05) is 7.05 Å². The summed E-state index contributed by atoms with van der Waals surface area (Å²) in [5.41, 5.74) is 0.921. The maximum Gasteiger partial charge on any atom is 0.242 e. The summed E-state index contributed by atoms with van der Waals surface area (Å²) in [5, 5.41) is 4.93. The molecule has 0 aliphatic heterocycles. The van der Waals surface area contributed by atoms with Crippen molar-refractivity contribution < 1.29 is 8.42 Å². The Bertz CT molecular complexity index is 691. The molecule has 0 radical (unpaired) electrons. The highest BCUT2D eigenvalue weighted by molar-refractivity contribution is 9.10. The first-order chi connectivity index (χ1) is 9.44. The van der Waals surface area contributed by atoms with E-state index in [2.05, 4.69) is 26.0 Å². The third-order valence-electron chi connectivity index (χ3n) is 2.86. The Morgan fingerprint density at radius 1 is 1.40 bits per heavy atom. The van der Waals surface area contributed by atoms with Gasteiger partial charge in [0.05, 0.1) is 4.90 Å². The molecular formula is C12H16BrN3O2S2. The van der Waals surface area contributed by atoms with Crippen LogP contribution in [0.4, 0.5) is 0 Å². The zero-order valence-corrected chi connectivity index (χ0v) is 14.4. The SMILES string of the molecule is CNCc1cc(S(=O)(=O)NCc2sccc2Br)cn1C. The normalized spacial score (nSPS) is 11.9. The van der Waals surface area contributed by atoms with Crippen LogP contribution in [0.1, 0.15) is 10.6 Å². The average Bonchev–Trinajstić information content (AvgIpc) is 2.95. The predicted molar refractivity (Wildman–Crippen MR) is 84.2 cm³/mol. The molecule has 110 valence electrons. The molecule has 5 nitrogen and oxygen atoms in total. The van der Waals surface area contributed by atoms with Crippen LogP contribution in [0.2, 0.25) is 0 Å². The van der Waals surface area contributed by atoms with E-state index in [1.165, 1.54) is 11.3 Å². The van der Waals surface area contributed by atoms with Crippen LogP contribution < -0.4 is 10.0 Å². The molecule has 0 fully saturated rings. The minimum absolute atomic E-state index is 0.289. The maximum atomic E-state index is 12.3. The monoisotopic (exact) mass is 377 g/mol. The van der Waals surface area contributed by atoms with Crippen molar-refractivity contribution in [1.82, 2.24) is 14.6 Å². The van der Waals surface area contributed by atoms with Gasteiger partial charge in [-0.15, -0.1) is 11.3 Å². The molecule has 2 aromatic heterocycles. The Morgan fingerprint density at radius 3 is 2.75 bits per heavy atom. The summed E-state index contributed by atoms with van der Waals surface area (Å²) >= 11 is 4.90. The topological polar surface area (TPSA) is 63.1 Å². The maximum absolute atomic E-state index is 12.3. The number of aryl methyl sites for hydroxylation is 1. The highest BCUT2D eigenvalue weighted by Crippen LogP contribution is 2.23. The smallest absolute Gasteiger partial charge is 0.242 e. The molecule has 2 heterocycles. The number of nitrogens with one attached hydrogen (secondary N) is 2. The fraction of sp³-hybridized carbons (Fsp3) is 0.333. The van der Waals surface area contributed by atoms with E-state index in [1.54, 1.807) is 12.3 Å². The lowest BCUT2D eigenvalue weighted by Crippen LogP contribution is -2.22. The van der Waals surface area contributed by atoms with Gasteiger partial charge in [-0.25, -0.2) is 13.1 Å². The number of thiophene rings is 1. The predicted octanol–water partition coefficient (Wildman–Crippen LogP) is 2.05. The zero-order valence-electron chi connectivity index (χ0n) is 11.2. The summed E-state index contributed by atoms with van der Waals surface area (Å²) in [4.78, 5) is 1.25. The van der Waals surface area contributed by atoms with Gasteiger partial charge in [-0.05, 0) is 40.5 Å². The third-order valence-corrected chi connectivity index (χ3v) is 6.16. The van der Waals surface area contributed by atoms with Crippen LogP contribution in [0.5, 0.6) is 0 Å². The number of nitrogens with zero attached hydrogens (tertiary/aromatic N) is 1. The second-order valence-electron chi connectivity index (χ2n) is 4.32. The molecule has 0 saturated heterocycles. The first kappa shape index (κ1) is 15.7. The van der Waals surface area contributed by atoms with Crippen molar-refractivity contribution in [1.29, 1.82) is 0 Å². The van der Waals surface area contributed by atoms with Gasteiger partial charge in [-0.3, -0.25) is 0 Å². The number of hydrogen-bond donors (Lipinski definition) is 2. The molecule has 2 aromatic rings. The zero-order chi connectivity index (χ0) is 14.8. The molecule has 0 aliphatic carbocycles. The summed E-state index contributed by atoms with van der Waals surface area (Å²) in [6, 6.07) is 3.59. The third kappa shape index (κ3) is 3.50. The minimum Gasteiger partial charge on any atom is -0.352 e. The van der Waals surface area contributed by atoms with Crippen molar-refractivity contribution >= 4 is 37.3 Å². The fourth-order valence-electron chi connectivity index (χ4n) is 1.78. The summed E-state index contributed by atoms with van der Waals surface area (Å²) < 4.78 is 29.9. The van der Waals surface area contributed by atoms with E-state index in [9.17, 15) is 8.42 Å². The van der Waals surface area contributed by atoms with Crippen LogP contribution in [0.25, 0.3) is 0 Å². The Labute approximate surface area is 131 Å². The molecule has 0 spiro atoms. The number of hydrogen-bond acceptors (Lipinski definition) is 4. The van der Waals surface area contributed by atoms with E-state index in [-0.39, 0.29) is 11.4 Å². The summed E-state index contributed by atoms with van der Waals surface area (Å²) in [7, 11) is 0.176. The van der Waals surface area contributed by atoms with Crippen LogP contribution in [0.15, 0.2) is 33.1 Å². The summed E-state index contributed by atoms with van der Waals surface area (Å²) in [6.07, 6.45) is 1.62. The highest BCUT2D eigenvalue weighted by atomic mass is 79.9. The van der Waals surface area contributed by atoms with Crippen molar-refractivity contribution in [3.63, 3.8) is 0 Å². The molecule has 2 N–H and O–H groups in total. The van der Waals surface area contributed by atoms with Gasteiger partial charge in [-0.2, -0.15) is 0 Å². The van der Waals surface area contributed by atoms with Crippen LogP contribution in [0, 0.1) is 0 Å². The highest BCUT2D eigenvalue weighted by Gasteiger charge is 2.17. The molecule has 0 unspecified atom stereocenters. The van der Waals surface area contributed by atoms with Gasteiger partial charge in [0, 0.05) is 41.4 Å². The lowest BCUT2D eigenvalue weighted by molar-refractivity contribution is 0.581. The Hall–Kier alpha value is -0.670. The number of sulfonamides is 1. The molecule has 0 saturated carbocycles. The fourth-order valence-corrected chi connectivity index (χ4v) is 4.39. The lowest BCUT2D eigenvalue weighted by Gasteiger charge is -2.03. The summed E-state index contributed by atoms with van der Waals surface area (Å²) in [6.45, 7) is 0.916. The molecule has 8 heteroatoms. The first-order valence-electron chi connectivity index (χ1n) is 5.95. The standard InChI is InChI=1S/C12H16BrN3O2S2/c1-14-6-9-5-10(8-16(9)2)20(17,18)15-7-12-11(13)3-4-19-12/h3-5,8,14-15H,6-7H2,1-2H3. The van der Waals surface area contributed by atoms with E-state index >= 15 is 0 Å². The van der Waals surface area contributed by atoms with Crippen LogP contribution in [0.3, 0.4) is 0 Å². The Morgan fingerprint density at radius 2 is 2.15 bits per heavy atom. The van der Waals surface area contributed by atoms with Crippen LogP contribution >= 0.6 is 27.3 Å². The van der Waals surface area contributed by atoms with Gasteiger partial charge < -0.3 is 9.88 Å². The molecule has 2 rings (SSSR count). The molecule has 0 aromatic carbocycles. The average molecular weight is 378 g/mol. The van der Waals surface area contributed by atoms with Crippen molar-refractivity contribution in [3.05, 3.63) is 38.8 Å². The van der Waals surface area contributed by atoms with E-state index in [4.69, 9.17) is 0 Å². The lowest BCUT2D eigenvalue weighted by atomic mass is 10.4. The Kier molecular flexibility index (Phi) is 5.03. The van der Waals surface area contributed by atoms with Crippen molar-refractivity contribution in [2.45, 2.75) is 18.0 Å².